The first-order chi connectivity index (χ1) is 8.81. The topological polar surface area (TPSA) is 101 Å². The number of benzene rings is 1. The van der Waals surface area contributed by atoms with Crippen molar-refractivity contribution in [3.8, 4) is 5.75 Å². The number of carbonyl (C=O) groups is 1. The second-order valence-corrected chi connectivity index (χ2v) is 4.86. The first-order valence-electron chi connectivity index (χ1n) is 6.00. The van der Waals surface area contributed by atoms with Crippen LogP contribution >= 0.6 is 0 Å². The van der Waals surface area contributed by atoms with Crippen molar-refractivity contribution in [3.05, 3.63) is 33.9 Å². The van der Waals surface area contributed by atoms with Gasteiger partial charge in [0.1, 0.15) is 0 Å². The third-order valence-electron chi connectivity index (χ3n) is 3.00. The largest absolute Gasteiger partial charge is 0.502 e. The maximum atomic E-state index is 10.8. The zero-order valence-corrected chi connectivity index (χ0v) is 10.9. The van der Waals surface area contributed by atoms with Crippen molar-refractivity contribution < 1.29 is 19.9 Å². The molecule has 0 spiro atoms. The smallest absolute Gasteiger partial charge is 0.310 e. The quantitative estimate of drug-likeness (QED) is 0.609. The number of hydrogen-bond acceptors (Lipinski definition) is 4. The summed E-state index contributed by atoms with van der Waals surface area (Å²) in [4.78, 5) is 20.8. The summed E-state index contributed by atoms with van der Waals surface area (Å²) >= 11 is 0. The van der Waals surface area contributed by atoms with Crippen molar-refractivity contribution >= 4 is 11.7 Å². The summed E-state index contributed by atoms with van der Waals surface area (Å²) in [7, 11) is 0. The molecule has 19 heavy (non-hydrogen) atoms. The Morgan fingerprint density at radius 1 is 1.42 bits per heavy atom. The fourth-order valence-electron chi connectivity index (χ4n) is 2.03. The van der Waals surface area contributed by atoms with Crippen LogP contribution in [0.5, 0.6) is 5.75 Å². The highest BCUT2D eigenvalue weighted by Crippen LogP contribution is 2.28. The number of aromatic hydroxyl groups is 1. The molecule has 0 unspecified atom stereocenters. The van der Waals surface area contributed by atoms with Gasteiger partial charge in [-0.1, -0.05) is 19.9 Å². The van der Waals surface area contributed by atoms with E-state index < -0.39 is 16.8 Å². The van der Waals surface area contributed by atoms with Gasteiger partial charge in [0, 0.05) is 6.07 Å². The number of phenolic OH excluding ortho intramolecular Hbond substituents is 1. The summed E-state index contributed by atoms with van der Waals surface area (Å²) in [6, 6.07) is 4.24. The van der Waals surface area contributed by atoms with Crippen LogP contribution < -0.4 is 0 Å². The molecule has 0 heterocycles. The van der Waals surface area contributed by atoms with E-state index >= 15 is 0 Å². The monoisotopic (exact) mass is 267 g/mol. The lowest BCUT2D eigenvalue weighted by Gasteiger charge is -2.14. The minimum atomic E-state index is -0.844. The van der Waals surface area contributed by atoms with Crippen molar-refractivity contribution in [3.63, 3.8) is 0 Å². The molecule has 0 fully saturated rings. The zero-order chi connectivity index (χ0) is 14.6. The van der Waals surface area contributed by atoms with E-state index in [4.69, 9.17) is 5.11 Å². The lowest BCUT2D eigenvalue weighted by atomic mass is 9.91. The zero-order valence-electron chi connectivity index (χ0n) is 10.9. The molecule has 1 aromatic carbocycles. The molecular weight excluding hydrogens is 250 g/mol. The van der Waals surface area contributed by atoms with E-state index in [1.807, 2.05) is 6.92 Å². The van der Waals surface area contributed by atoms with Gasteiger partial charge in [0.25, 0.3) is 0 Å². The molecule has 0 radical (unpaired) electrons. The number of carboxylic acids is 1. The van der Waals surface area contributed by atoms with Gasteiger partial charge in [-0.3, -0.25) is 14.9 Å². The van der Waals surface area contributed by atoms with Crippen molar-refractivity contribution in [2.45, 2.75) is 26.7 Å². The second-order valence-electron chi connectivity index (χ2n) is 4.86. The fourth-order valence-corrected chi connectivity index (χ4v) is 2.03. The summed E-state index contributed by atoms with van der Waals surface area (Å²) in [5.74, 6) is -1.55. The van der Waals surface area contributed by atoms with Gasteiger partial charge in [0.2, 0.25) is 0 Å². The summed E-state index contributed by atoms with van der Waals surface area (Å²) in [6.07, 6.45) is 1.04. The number of nitrogens with zero attached hydrogens (tertiary/aromatic N) is 1. The molecular formula is C13H17NO5. The van der Waals surface area contributed by atoms with Crippen molar-refractivity contribution in [2.24, 2.45) is 11.8 Å². The SMILES string of the molecule is C[C@@H](Cc1ccc(O)c([N+](=O)[O-])c1)C[C@H](C)C(=O)O. The Kier molecular flexibility index (Phi) is 4.86. The van der Waals surface area contributed by atoms with E-state index in [0.717, 1.165) is 5.56 Å². The van der Waals surface area contributed by atoms with Crippen LogP contribution in [0, 0.1) is 22.0 Å². The Labute approximate surface area is 110 Å². The molecule has 0 saturated carbocycles. The standard InChI is InChI=1S/C13H17NO5/c1-8(5-9(2)13(16)17)6-10-3-4-12(15)11(7-10)14(18)19/h3-4,7-9,15H,5-6H2,1-2H3,(H,16,17)/t8-,9+/m1/s1. The molecule has 0 bridgehead atoms. The van der Waals surface area contributed by atoms with Gasteiger partial charge in [0.05, 0.1) is 10.8 Å². The highest BCUT2D eigenvalue weighted by atomic mass is 16.6. The van der Waals surface area contributed by atoms with Crippen LogP contribution in [-0.4, -0.2) is 21.1 Å². The van der Waals surface area contributed by atoms with Gasteiger partial charge in [0.15, 0.2) is 5.75 Å². The molecule has 6 nitrogen and oxygen atoms in total. The molecule has 6 heteroatoms. The lowest BCUT2D eigenvalue weighted by molar-refractivity contribution is -0.385. The van der Waals surface area contributed by atoms with Crippen LogP contribution in [0.4, 0.5) is 5.69 Å². The van der Waals surface area contributed by atoms with Crippen LogP contribution in [0.25, 0.3) is 0 Å². The lowest BCUT2D eigenvalue weighted by Crippen LogP contribution is -2.14. The predicted octanol–water partition coefficient (Wildman–Crippen LogP) is 2.59. The maximum absolute atomic E-state index is 10.8. The van der Waals surface area contributed by atoms with Gasteiger partial charge in [-0.05, 0) is 30.4 Å². The molecule has 2 atom stereocenters. The molecule has 0 amide bonds. The number of nitro benzene ring substituents is 1. The van der Waals surface area contributed by atoms with Gasteiger partial charge < -0.3 is 10.2 Å². The Hall–Kier alpha value is -2.11. The van der Waals surface area contributed by atoms with E-state index in [2.05, 4.69) is 0 Å². The Balaban J connectivity index is 2.74. The average Bonchev–Trinajstić information content (AvgIpc) is 2.30. The number of carboxylic acid groups (broad SMARTS) is 1. The molecule has 104 valence electrons. The Morgan fingerprint density at radius 2 is 2.05 bits per heavy atom. The molecule has 1 aromatic rings. The number of rotatable bonds is 6. The number of nitro groups is 1. The molecule has 1 rings (SSSR count). The van der Waals surface area contributed by atoms with Crippen LogP contribution in [-0.2, 0) is 11.2 Å². The summed E-state index contributed by atoms with van der Waals surface area (Å²) < 4.78 is 0. The molecule has 0 aliphatic rings. The molecule has 2 N–H and O–H groups in total. The third kappa shape index (κ3) is 4.24. The van der Waals surface area contributed by atoms with Crippen LogP contribution in [0.15, 0.2) is 18.2 Å². The van der Waals surface area contributed by atoms with E-state index in [1.165, 1.54) is 12.1 Å². The Morgan fingerprint density at radius 3 is 2.58 bits per heavy atom. The molecule has 0 aliphatic carbocycles. The van der Waals surface area contributed by atoms with Gasteiger partial charge >= 0.3 is 11.7 Å². The van der Waals surface area contributed by atoms with Crippen molar-refractivity contribution in [1.82, 2.24) is 0 Å². The van der Waals surface area contributed by atoms with Crippen LogP contribution in [0.3, 0.4) is 0 Å². The fraction of sp³-hybridized carbons (Fsp3) is 0.462. The number of aliphatic carboxylic acids is 1. The maximum Gasteiger partial charge on any atom is 0.310 e. The molecule has 0 aliphatic heterocycles. The second kappa shape index (κ2) is 6.17. The van der Waals surface area contributed by atoms with Crippen molar-refractivity contribution in [1.29, 1.82) is 0 Å². The predicted molar refractivity (Wildman–Crippen MR) is 69.0 cm³/mol. The minimum absolute atomic E-state index is 0.0928. The minimum Gasteiger partial charge on any atom is -0.502 e. The first-order valence-corrected chi connectivity index (χ1v) is 6.00. The summed E-state index contributed by atoms with van der Waals surface area (Å²) in [6.45, 7) is 3.54. The summed E-state index contributed by atoms with van der Waals surface area (Å²) in [5, 5.41) is 28.9. The van der Waals surface area contributed by atoms with Gasteiger partial charge in [-0.25, -0.2) is 0 Å². The average molecular weight is 267 g/mol. The normalized spacial score (nSPS) is 13.8. The van der Waals surface area contributed by atoms with E-state index in [1.54, 1.807) is 13.0 Å². The Bertz CT molecular complexity index is 486. The highest BCUT2D eigenvalue weighted by molar-refractivity contribution is 5.69. The van der Waals surface area contributed by atoms with Gasteiger partial charge in [-0.15, -0.1) is 0 Å². The van der Waals surface area contributed by atoms with Gasteiger partial charge in [-0.2, -0.15) is 0 Å². The summed E-state index contributed by atoms with van der Waals surface area (Å²) in [5.41, 5.74) is 0.394. The van der Waals surface area contributed by atoms with Crippen molar-refractivity contribution in [2.75, 3.05) is 0 Å². The number of phenols is 1. The molecule has 0 aromatic heterocycles. The van der Waals surface area contributed by atoms with E-state index in [-0.39, 0.29) is 17.4 Å². The number of hydrogen-bond donors (Lipinski definition) is 2. The third-order valence-corrected chi connectivity index (χ3v) is 3.00. The first kappa shape index (κ1) is 14.9. The molecule has 0 saturated heterocycles. The highest BCUT2D eigenvalue weighted by Gasteiger charge is 2.18. The van der Waals surface area contributed by atoms with Crippen LogP contribution in [0.2, 0.25) is 0 Å². The van der Waals surface area contributed by atoms with E-state index in [0.29, 0.717) is 12.8 Å². The van der Waals surface area contributed by atoms with E-state index in [9.17, 15) is 20.0 Å². The van der Waals surface area contributed by atoms with Crippen LogP contribution in [0.1, 0.15) is 25.8 Å².